The van der Waals surface area contributed by atoms with Crippen molar-refractivity contribution in [1.82, 2.24) is 4.90 Å². The van der Waals surface area contributed by atoms with Gasteiger partial charge in [0.15, 0.2) is 0 Å². The number of benzene rings is 1. The molecule has 0 aliphatic rings. The topological polar surface area (TPSA) is 3.24 Å². The van der Waals surface area contributed by atoms with Crippen molar-refractivity contribution < 1.29 is 0 Å². The zero-order valence-corrected chi connectivity index (χ0v) is 10.2. The molecule has 0 aliphatic heterocycles. The number of likely N-dealkylation sites (N-methyl/N-ethyl adjacent to an activating group) is 1. The third-order valence-electron chi connectivity index (χ3n) is 2.22. The summed E-state index contributed by atoms with van der Waals surface area (Å²) in [6, 6.07) is 10.9. The van der Waals surface area contributed by atoms with Crippen molar-refractivity contribution in [1.29, 1.82) is 0 Å². The lowest BCUT2D eigenvalue weighted by atomic mass is 10.1. The van der Waals surface area contributed by atoms with E-state index in [9.17, 15) is 0 Å². The van der Waals surface area contributed by atoms with Gasteiger partial charge in [-0.1, -0.05) is 30.3 Å². The first-order valence-corrected chi connectivity index (χ1v) is 5.04. The molecule has 0 spiro atoms. The number of rotatable bonds is 4. The highest BCUT2D eigenvalue weighted by molar-refractivity contribution is 6.18. The SMILES string of the molecule is CN(C)[C@H](CCl)Cc1ccccc1.Cl. The Morgan fingerprint density at radius 2 is 1.79 bits per heavy atom. The summed E-state index contributed by atoms with van der Waals surface area (Å²) in [6.45, 7) is 0. The summed E-state index contributed by atoms with van der Waals surface area (Å²) in [5.74, 6) is 0.682. The van der Waals surface area contributed by atoms with Crippen LogP contribution >= 0.6 is 24.0 Å². The van der Waals surface area contributed by atoms with Gasteiger partial charge in [0.25, 0.3) is 0 Å². The van der Waals surface area contributed by atoms with Gasteiger partial charge in [-0.2, -0.15) is 0 Å². The van der Waals surface area contributed by atoms with E-state index in [0.29, 0.717) is 11.9 Å². The third kappa shape index (κ3) is 4.32. The van der Waals surface area contributed by atoms with Crippen LogP contribution in [0.1, 0.15) is 5.56 Å². The van der Waals surface area contributed by atoms with Crippen molar-refractivity contribution in [2.24, 2.45) is 0 Å². The molecule has 1 aromatic rings. The van der Waals surface area contributed by atoms with Gasteiger partial charge in [-0.15, -0.1) is 24.0 Å². The second-order valence-electron chi connectivity index (χ2n) is 3.46. The molecule has 0 radical (unpaired) electrons. The highest BCUT2D eigenvalue weighted by atomic mass is 35.5. The molecule has 0 N–H and O–H groups in total. The highest BCUT2D eigenvalue weighted by Gasteiger charge is 2.09. The number of hydrogen-bond acceptors (Lipinski definition) is 1. The van der Waals surface area contributed by atoms with Gasteiger partial charge in [-0.3, -0.25) is 0 Å². The van der Waals surface area contributed by atoms with E-state index >= 15 is 0 Å². The van der Waals surface area contributed by atoms with E-state index in [1.54, 1.807) is 0 Å². The molecule has 1 rings (SSSR count). The molecule has 0 bridgehead atoms. The van der Waals surface area contributed by atoms with E-state index in [1.807, 2.05) is 6.07 Å². The molecule has 14 heavy (non-hydrogen) atoms. The average molecular weight is 234 g/mol. The molecule has 1 atom stereocenters. The summed E-state index contributed by atoms with van der Waals surface area (Å²) >= 11 is 5.87. The van der Waals surface area contributed by atoms with E-state index in [4.69, 9.17) is 11.6 Å². The number of alkyl halides is 1. The van der Waals surface area contributed by atoms with Gasteiger partial charge in [0, 0.05) is 11.9 Å². The molecule has 0 aromatic heterocycles. The van der Waals surface area contributed by atoms with Gasteiger partial charge in [0.2, 0.25) is 0 Å². The van der Waals surface area contributed by atoms with Crippen LogP contribution in [0.15, 0.2) is 30.3 Å². The Balaban J connectivity index is 0.00000169. The molecule has 3 heteroatoms. The summed E-state index contributed by atoms with van der Waals surface area (Å²) in [5.41, 5.74) is 1.35. The molecular weight excluding hydrogens is 217 g/mol. The summed E-state index contributed by atoms with van der Waals surface area (Å²) in [6.07, 6.45) is 1.03. The molecule has 0 saturated heterocycles. The van der Waals surface area contributed by atoms with Crippen LogP contribution in [0.4, 0.5) is 0 Å². The Morgan fingerprint density at radius 1 is 1.21 bits per heavy atom. The smallest absolute Gasteiger partial charge is 0.0382 e. The molecule has 0 fully saturated rings. The summed E-state index contributed by atoms with van der Waals surface area (Å²) in [7, 11) is 4.13. The lowest BCUT2D eigenvalue weighted by molar-refractivity contribution is 0.315. The maximum absolute atomic E-state index is 5.87. The van der Waals surface area contributed by atoms with Crippen molar-refractivity contribution in [3.8, 4) is 0 Å². The number of hydrogen-bond donors (Lipinski definition) is 0. The number of halogens is 2. The molecular formula is C11H17Cl2N. The minimum atomic E-state index is 0. The quantitative estimate of drug-likeness (QED) is 0.724. The van der Waals surface area contributed by atoms with Gasteiger partial charge < -0.3 is 4.90 Å². The van der Waals surface area contributed by atoms with Crippen LogP contribution in [-0.4, -0.2) is 30.9 Å². The second-order valence-corrected chi connectivity index (χ2v) is 3.77. The molecule has 1 aromatic carbocycles. The van der Waals surface area contributed by atoms with E-state index in [1.165, 1.54) is 5.56 Å². The summed E-state index contributed by atoms with van der Waals surface area (Å²) in [5, 5.41) is 0. The predicted octanol–water partition coefficient (Wildman–Crippen LogP) is 2.82. The summed E-state index contributed by atoms with van der Waals surface area (Å²) < 4.78 is 0. The van der Waals surface area contributed by atoms with Crippen LogP contribution in [0.3, 0.4) is 0 Å². The first-order chi connectivity index (χ1) is 6.24. The normalized spacial score (nSPS) is 12.3. The zero-order chi connectivity index (χ0) is 9.68. The van der Waals surface area contributed by atoms with Gasteiger partial charge in [-0.05, 0) is 26.1 Å². The maximum atomic E-state index is 5.87. The van der Waals surface area contributed by atoms with Crippen LogP contribution in [-0.2, 0) is 6.42 Å². The Labute approximate surface area is 97.5 Å². The van der Waals surface area contributed by atoms with Gasteiger partial charge in [0.05, 0.1) is 0 Å². The van der Waals surface area contributed by atoms with E-state index < -0.39 is 0 Å². The number of nitrogens with zero attached hydrogens (tertiary/aromatic N) is 1. The van der Waals surface area contributed by atoms with Crippen molar-refractivity contribution in [2.45, 2.75) is 12.5 Å². The van der Waals surface area contributed by atoms with Crippen molar-refractivity contribution in [3.05, 3.63) is 35.9 Å². The van der Waals surface area contributed by atoms with Crippen LogP contribution in [0.2, 0.25) is 0 Å². The Kier molecular flexibility index (Phi) is 6.98. The van der Waals surface area contributed by atoms with E-state index in [-0.39, 0.29) is 12.4 Å². The predicted molar refractivity (Wildman–Crippen MR) is 65.6 cm³/mol. The Bertz CT molecular complexity index is 236. The van der Waals surface area contributed by atoms with Gasteiger partial charge >= 0.3 is 0 Å². The van der Waals surface area contributed by atoms with E-state index in [0.717, 1.165) is 6.42 Å². The first kappa shape index (κ1) is 13.8. The molecule has 80 valence electrons. The largest absolute Gasteiger partial charge is 0.305 e. The molecule has 0 saturated carbocycles. The molecule has 0 amide bonds. The van der Waals surface area contributed by atoms with E-state index in [2.05, 4.69) is 43.3 Å². The van der Waals surface area contributed by atoms with Crippen molar-refractivity contribution >= 4 is 24.0 Å². The average Bonchev–Trinajstić information content (AvgIpc) is 2.15. The molecule has 0 unspecified atom stereocenters. The van der Waals surface area contributed by atoms with Crippen LogP contribution in [0, 0.1) is 0 Å². The molecule has 0 heterocycles. The van der Waals surface area contributed by atoms with Crippen molar-refractivity contribution in [2.75, 3.05) is 20.0 Å². The monoisotopic (exact) mass is 233 g/mol. The maximum Gasteiger partial charge on any atom is 0.0382 e. The second kappa shape index (κ2) is 7.10. The third-order valence-corrected chi connectivity index (χ3v) is 2.58. The molecule has 1 nitrogen and oxygen atoms in total. The van der Waals surface area contributed by atoms with Crippen LogP contribution < -0.4 is 0 Å². The highest BCUT2D eigenvalue weighted by Crippen LogP contribution is 2.07. The lowest BCUT2D eigenvalue weighted by Crippen LogP contribution is -2.31. The van der Waals surface area contributed by atoms with Gasteiger partial charge in [-0.25, -0.2) is 0 Å². The lowest BCUT2D eigenvalue weighted by Gasteiger charge is -2.21. The fourth-order valence-corrected chi connectivity index (χ4v) is 1.65. The van der Waals surface area contributed by atoms with Gasteiger partial charge in [0.1, 0.15) is 0 Å². The fourth-order valence-electron chi connectivity index (χ4n) is 1.26. The first-order valence-electron chi connectivity index (χ1n) is 4.50. The van der Waals surface area contributed by atoms with Crippen molar-refractivity contribution in [3.63, 3.8) is 0 Å². The Hall–Kier alpha value is -0.240. The molecule has 0 aliphatic carbocycles. The minimum absolute atomic E-state index is 0. The fraction of sp³-hybridized carbons (Fsp3) is 0.455. The minimum Gasteiger partial charge on any atom is -0.305 e. The Morgan fingerprint density at radius 3 is 2.21 bits per heavy atom. The summed E-state index contributed by atoms with van der Waals surface area (Å²) in [4.78, 5) is 2.17. The zero-order valence-electron chi connectivity index (χ0n) is 8.61. The van der Waals surface area contributed by atoms with Crippen LogP contribution in [0.25, 0.3) is 0 Å². The van der Waals surface area contributed by atoms with Crippen LogP contribution in [0.5, 0.6) is 0 Å². The standard InChI is InChI=1S/C11H16ClN.ClH/c1-13(2)11(9-12)8-10-6-4-3-5-7-10;/h3-7,11H,8-9H2,1-2H3;1H/t11-;/m0./s1.